The molecule has 86 valence electrons. The summed E-state index contributed by atoms with van der Waals surface area (Å²) in [5.74, 6) is -0.245. The molecule has 0 atom stereocenters. The van der Waals surface area contributed by atoms with Crippen molar-refractivity contribution >= 4 is 5.91 Å². The number of hydroxylamine groups is 1. The Bertz CT molecular complexity index is 509. The van der Waals surface area contributed by atoms with Gasteiger partial charge in [-0.05, 0) is 23.3 Å². The van der Waals surface area contributed by atoms with E-state index in [0.29, 0.717) is 5.56 Å². The standard InChI is InChI=1S/C14H13NO2/c1-17-15-14(16)13-9-5-8-12(10-13)11-6-3-2-4-7-11/h2-10H,1H3,(H,15,16). The van der Waals surface area contributed by atoms with Gasteiger partial charge in [0.15, 0.2) is 0 Å². The van der Waals surface area contributed by atoms with Crippen LogP contribution in [-0.4, -0.2) is 13.0 Å². The van der Waals surface area contributed by atoms with E-state index in [4.69, 9.17) is 0 Å². The van der Waals surface area contributed by atoms with Crippen molar-refractivity contribution in [2.45, 2.75) is 0 Å². The first-order valence-electron chi connectivity index (χ1n) is 5.30. The average molecular weight is 227 g/mol. The van der Waals surface area contributed by atoms with Crippen LogP contribution in [0, 0.1) is 0 Å². The van der Waals surface area contributed by atoms with Crippen LogP contribution in [0.2, 0.25) is 0 Å². The first-order chi connectivity index (χ1) is 8.31. The number of hydrogen-bond acceptors (Lipinski definition) is 2. The van der Waals surface area contributed by atoms with Gasteiger partial charge in [0.25, 0.3) is 5.91 Å². The van der Waals surface area contributed by atoms with Crippen molar-refractivity contribution in [3.05, 3.63) is 60.2 Å². The average Bonchev–Trinajstić information content (AvgIpc) is 2.40. The molecule has 0 aliphatic rings. The van der Waals surface area contributed by atoms with Crippen molar-refractivity contribution in [3.8, 4) is 11.1 Å². The maximum Gasteiger partial charge on any atom is 0.274 e. The third kappa shape index (κ3) is 2.71. The molecule has 0 fully saturated rings. The van der Waals surface area contributed by atoms with Gasteiger partial charge in [0, 0.05) is 5.56 Å². The summed E-state index contributed by atoms with van der Waals surface area (Å²) in [5, 5.41) is 0. The van der Waals surface area contributed by atoms with Gasteiger partial charge < -0.3 is 0 Å². The fourth-order valence-electron chi connectivity index (χ4n) is 1.62. The SMILES string of the molecule is CONC(=O)c1cccc(-c2ccccc2)c1. The summed E-state index contributed by atoms with van der Waals surface area (Å²) in [6.45, 7) is 0. The Balaban J connectivity index is 2.32. The van der Waals surface area contributed by atoms with Crippen LogP contribution in [-0.2, 0) is 4.84 Å². The molecule has 0 saturated heterocycles. The third-order valence-corrected chi connectivity index (χ3v) is 2.43. The second-order valence-corrected chi connectivity index (χ2v) is 3.58. The first-order valence-corrected chi connectivity index (χ1v) is 5.30. The van der Waals surface area contributed by atoms with E-state index in [9.17, 15) is 4.79 Å². The van der Waals surface area contributed by atoms with Crippen LogP contribution in [0.3, 0.4) is 0 Å². The molecule has 0 bridgehead atoms. The van der Waals surface area contributed by atoms with E-state index >= 15 is 0 Å². The van der Waals surface area contributed by atoms with Crippen LogP contribution in [0.15, 0.2) is 54.6 Å². The smallest absolute Gasteiger partial charge is 0.274 e. The third-order valence-electron chi connectivity index (χ3n) is 2.43. The number of benzene rings is 2. The van der Waals surface area contributed by atoms with Crippen LogP contribution in [0.25, 0.3) is 11.1 Å². The van der Waals surface area contributed by atoms with Crippen molar-refractivity contribution < 1.29 is 9.63 Å². The highest BCUT2D eigenvalue weighted by Gasteiger charge is 2.05. The van der Waals surface area contributed by atoms with Gasteiger partial charge in [-0.25, -0.2) is 5.48 Å². The van der Waals surface area contributed by atoms with Crippen LogP contribution in [0.4, 0.5) is 0 Å². The maximum absolute atomic E-state index is 11.6. The lowest BCUT2D eigenvalue weighted by molar-refractivity contribution is 0.0537. The summed E-state index contributed by atoms with van der Waals surface area (Å²) in [4.78, 5) is 16.2. The Morgan fingerprint density at radius 1 is 1.00 bits per heavy atom. The molecule has 2 aromatic rings. The first kappa shape index (κ1) is 11.4. The Hall–Kier alpha value is -2.13. The predicted octanol–water partition coefficient (Wildman–Crippen LogP) is 2.64. The predicted molar refractivity (Wildman–Crippen MR) is 66.4 cm³/mol. The van der Waals surface area contributed by atoms with Gasteiger partial charge in [0.05, 0.1) is 7.11 Å². The Labute approximate surface area is 100.0 Å². The van der Waals surface area contributed by atoms with E-state index in [0.717, 1.165) is 11.1 Å². The summed E-state index contributed by atoms with van der Waals surface area (Å²) in [6, 6.07) is 17.3. The second kappa shape index (κ2) is 5.27. The molecule has 0 radical (unpaired) electrons. The molecule has 1 amide bonds. The highest BCUT2D eigenvalue weighted by atomic mass is 16.6. The fourth-order valence-corrected chi connectivity index (χ4v) is 1.62. The summed E-state index contributed by atoms with van der Waals surface area (Å²) in [5.41, 5.74) is 4.97. The minimum absolute atomic E-state index is 0.245. The van der Waals surface area contributed by atoms with Crippen LogP contribution < -0.4 is 5.48 Å². The molecule has 2 rings (SSSR count). The Kier molecular flexibility index (Phi) is 3.52. The van der Waals surface area contributed by atoms with Gasteiger partial charge in [-0.2, -0.15) is 0 Å². The molecule has 2 aromatic carbocycles. The molecule has 3 nitrogen and oxygen atoms in total. The minimum atomic E-state index is -0.245. The molecule has 0 unspecified atom stereocenters. The van der Waals surface area contributed by atoms with Crippen LogP contribution in [0.5, 0.6) is 0 Å². The van der Waals surface area contributed by atoms with E-state index in [2.05, 4.69) is 10.3 Å². The zero-order chi connectivity index (χ0) is 12.1. The topological polar surface area (TPSA) is 38.3 Å². The van der Waals surface area contributed by atoms with E-state index < -0.39 is 0 Å². The summed E-state index contributed by atoms with van der Waals surface area (Å²) >= 11 is 0. The molecule has 3 heteroatoms. The van der Waals surface area contributed by atoms with Crippen molar-refractivity contribution in [1.29, 1.82) is 0 Å². The van der Waals surface area contributed by atoms with Gasteiger partial charge >= 0.3 is 0 Å². The number of hydrogen-bond donors (Lipinski definition) is 1. The van der Waals surface area contributed by atoms with Crippen LogP contribution in [0.1, 0.15) is 10.4 Å². The van der Waals surface area contributed by atoms with Gasteiger partial charge in [0.2, 0.25) is 0 Å². The van der Waals surface area contributed by atoms with Gasteiger partial charge in [0.1, 0.15) is 0 Å². The van der Waals surface area contributed by atoms with Crippen molar-refractivity contribution in [3.63, 3.8) is 0 Å². The molecule has 0 aromatic heterocycles. The number of carbonyl (C=O) groups is 1. The van der Waals surface area contributed by atoms with Gasteiger partial charge in [-0.3, -0.25) is 9.63 Å². The lowest BCUT2D eigenvalue weighted by Gasteiger charge is -2.05. The lowest BCUT2D eigenvalue weighted by atomic mass is 10.0. The zero-order valence-corrected chi connectivity index (χ0v) is 9.51. The second-order valence-electron chi connectivity index (χ2n) is 3.58. The monoisotopic (exact) mass is 227 g/mol. The van der Waals surface area contributed by atoms with E-state index in [1.807, 2.05) is 48.5 Å². The van der Waals surface area contributed by atoms with Crippen molar-refractivity contribution in [2.24, 2.45) is 0 Å². The minimum Gasteiger partial charge on any atom is -0.277 e. The van der Waals surface area contributed by atoms with Crippen LogP contribution >= 0.6 is 0 Å². The summed E-state index contributed by atoms with van der Waals surface area (Å²) in [6.07, 6.45) is 0. The Morgan fingerprint density at radius 2 is 1.71 bits per heavy atom. The summed E-state index contributed by atoms with van der Waals surface area (Å²) < 4.78 is 0. The van der Waals surface area contributed by atoms with E-state index in [-0.39, 0.29) is 5.91 Å². The highest BCUT2D eigenvalue weighted by molar-refractivity contribution is 5.94. The number of rotatable bonds is 3. The van der Waals surface area contributed by atoms with Crippen molar-refractivity contribution in [2.75, 3.05) is 7.11 Å². The maximum atomic E-state index is 11.6. The fraction of sp³-hybridized carbons (Fsp3) is 0.0714. The normalized spacial score (nSPS) is 9.94. The van der Waals surface area contributed by atoms with Gasteiger partial charge in [-0.15, -0.1) is 0 Å². The quantitative estimate of drug-likeness (QED) is 0.818. The summed E-state index contributed by atoms with van der Waals surface area (Å²) in [7, 11) is 1.42. The highest BCUT2D eigenvalue weighted by Crippen LogP contribution is 2.19. The Morgan fingerprint density at radius 3 is 2.41 bits per heavy atom. The van der Waals surface area contributed by atoms with E-state index in [1.54, 1.807) is 6.07 Å². The number of amides is 1. The molecule has 0 aliphatic carbocycles. The molecular formula is C14H13NO2. The molecule has 1 N–H and O–H groups in total. The molecule has 0 spiro atoms. The molecular weight excluding hydrogens is 214 g/mol. The number of nitrogens with one attached hydrogen (secondary N) is 1. The van der Waals surface area contributed by atoms with Gasteiger partial charge in [-0.1, -0.05) is 42.5 Å². The largest absolute Gasteiger partial charge is 0.277 e. The van der Waals surface area contributed by atoms with Crippen molar-refractivity contribution in [1.82, 2.24) is 5.48 Å². The molecule has 0 heterocycles. The molecule has 17 heavy (non-hydrogen) atoms. The molecule has 0 saturated carbocycles. The lowest BCUT2D eigenvalue weighted by Crippen LogP contribution is -2.21. The molecule has 0 aliphatic heterocycles. The number of carbonyl (C=O) groups excluding carboxylic acids is 1. The van der Waals surface area contributed by atoms with E-state index in [1.165, 1.54) is 7.11 Å². The zero-order valence-electron chi connectivity index (χ0n) is 9.51.